The summed E-state index contributed by atoms with van der Waals surface area (Å²) < 4.78 is 0. The standard InChI is InChI=1S/C36H40ClN7O3S/c1-22-23(2)48-35-32(22)33(26-9-12-27(37)13-10-26)41-30(34(40)44(35)24(3)39)21-31(45)43-18-16-42(17-19-43)28-14-11-25(29(20-28)36(46)47)8-6-4-5-7-15-38/h9-14,20,30,39-40H,4-5,7,15-19,21,38H2,1-3H3,(H,46,47)/t30-/m0/s1. The smallest absolute Gasteiger partial charge is 0.337 e. The summed E-state index contributed by atoms with van der Waals surface area (Å²) in [5.41, 5.74) is 10.3. The number of carboxylic acids is 1. The van der Waals surface area contributed by atoms with Gasteiger partial charge in [0.1, 0.15) is 22.7 Å². The number of thiophene rings is 1. The van der Waals surface area contributed by atoms with E-state index in [2.05, 4.69) is 16.7 Å². The van der Waals surface area contributed by atoms with Gasteiger partial charge in [0.05, 0.1) is 17.7 Å². The molecular formula is C36H40ClN7O3S. The third-order valence-electron chi connectivity index (χ3n) is 8.68. The average Bonchev–Trinajstić information content (AvgIpc) is 3.28. The Balaban J connectivity index is 1.34. The maximum Gasteiger partial charge on any atom is 0.337 e. The highest BCUT2D eigenvalue weighted by atomic mass is 35.5. The van der Waals surface area contributed by atoms with Crippen molar-refractivity contribution in [2.75, 3.05) is 42.5 Å². The van der Waals surface area contributed by atoms with Gasteiger partial charge in [-0.15, -0.1) is 11.3 Å². The molecule has 5 rings (SSSR count). The second kappa shape index (κ2) is 15.2. The van der Waals surface area contributed by atoms with Crippen LogP contribution in [-0.2, 0) is 4.79 Å². The summed E-state index contributed by atoms with van der Waals surface area (Å²) in [4.78, 5) is 37.4. The van der Waals surface area contributed by atoms with E-state index in [0.717, 1.165) is 45.1 Å². The average molecular weight is 686 g/mol. The van der Waals surface area contributed by atoms with E-state index in [0.29, 0.717) is 55.4 Å². The Morgan fingerprint density at radius 1 is 1.10 bits per heavy atom. The van der Waals surface area contributed by atoms with E-state index >= 15 is 0 Å². The molecule has 2 aliphatic rings. The van der Waals surface area contributed by atoms with Crippen molar-refractivity contribution in [3.63, 3.8) is 0 Å². The summed E-state index contributed by atoms with van der Waals surface area (Å²) in [5, 5.41) is 29.0. The Morgan fingerprint density at radius 2 is 1.81 bits per heavy atom. The summed E-state index contributed by atoms with van der Waals surface area (Å²) in [5.74, 6) is 5.16. The number of unbranched alkanes of at least 4 members (excludes halogenated alkanes) is 2. The van der Waals surface area contributed by atoms with E-state index in [1.54, 1.807) is 41.0 Å². The van der Waals surface area contributed by atoms with Gasteiger partial charge in [0.15, 0.2) is 0 Å². The largest absolute Gasteiger partial charge is 0.478 e. The van der Waals surface area contributed by atoms with Gasteiger partial charge < -0.3 is 20.6 Å². The van der Waals surface area contributed by atoms with Crippen LogP contribution in [0.4, 0.5) is 10.7 Å². The molecule has 48 heavy (non-hydrogen) atoms. The monoisotopic (exact) mass is 685 g/mol. The quantitative estimate of drug-likeness (QED) is 0.0998. The van der Waals surface area contributed by atoms with E-state index in [-0.39, 0.29) is 29.6 Å². The number of carbonyl (C=O) groups excluding carboxylic acids is 1. The fourth-order valence-corrected chi connectivity index (χ4v) is 7.28. The SMILES string of the molecule is CC(=N)N1C(=N)[C@H](CC(=O)N2CCN(c3ccc(C#CCCCCN)c(C(=O)O)c3)CC2)N=C(c2ccc(Cl)cc2)c2c1sc(C)c2C. The van der Waals surface area contributed by atoms with E-state index in [9.17, 15) is 20.1 Å². The van der Waals surface area contributed by atoms with Crippen molar-refractivity contribution < 1.29 is 14.7 Å². The number of aliphatic imine (C=N–C) groups is 1. The highest BCUT2D eigenvalue weighted by Gasteiger charge is 2.36. The Bertz CT molecular complexity index is 1830. The zero-order valence-corrected chi connectivity index (χ0v) is 29.0. The van der Waals surface area contributed by atoms with Crippen molar-refractivity contribution in [1.29, 1.82) is 10.8 Å². The number of rotatable bonds is 8. The molecule has 1 fully saturated rings. The van der Waals surface area contributed by atoms with Crippen molar-refractivity contribution >= 4 is 62.9 Å². The van der Waals surface area contributed by atoms with Crippen LogP contribution < -0.4 is 15.5 Å². The molecule has 1 atom stereocenters. The summed E-state index contributed by atoms with van der Waals surface area (Å²) in [6.45, 7) is 8.23. The van der Waals surface area contributed by atoms with Gasteiger partial charge in [0.25, 0.3) is 0 Å². The lowest BCUT2D eigenvalue weighted by molar-refractivity contribution is -0.131. The van der Waals surface area contributed by atoms with Crippen molar-refractivity contribution in [1.82, 2.24) is 4.90 Å². The summed E-state index contributed by atoms with van der Waals surface area (Å²) in [6, 6.07) is 11.9. The van der Waals surface area contributed by atoms with Gasteiger partial charge in [-0.1, -0.05) is 35.6 Å². The predicted octanol–water partition coefficient (Wildman–Crippen LogP) is 5.94. The molecule has 0 aliphatic carbocycles. The molecule has 2 aromatic carbocycles. The van der Waals surface area contributed by atoms with Crippen molar-refractivity contribution in [3.8, 4) is 11.8 Å². The van der Waals surface area contributed by atoms with Crippen molar-refractivity contribution in [2.45, 2.75) is 52.5 Å². The predicted molar refractivity (Wildman–Crippen MR) is 195 cm³/mol. The van der Waals surface area contributed by atoms with Crippen LogP contribution >= 0.6 is 22.9 Å². The molecule has 1 aromatic heterocycles. The van der Waals surface area contributed by atoms with Gasteiger partial charge in [0.2, 0.25) is 5.91 Å². The first kappa shape index (κ1) is 34.8. The Labute approximate surface area is 290 Å². The highest BCUT2D eigenvalue weighted by molar-refractivity contribution is 7.17. The van der Waals surface area contributed by atoms with Gasteiger partial charge in [0, 0.05) is 64.9 Å². The zero-order valence-electron chi connectivity index (χ0n) is 27.4. The number of aromatic carboxylic acids is 1. The number of hydrogen-bond donors (Lipinski definition) is 4. The van der Waals surface area contributed by atoms with Gasteiger partial charge in [-0.25, -0.2) is 4.79 Å². The number of amides is 1. The first-order valence-electron chi connectivity index (χ1n) is 16.0. The molecule has 10 nitrogen and oxygen atoms in total. The Hall–Kier alpha value is -4.50. The third kappa shape index (κ3) is 7.46. The van der Waals surface area contributed by atoms with Crippen LogP contribution in [0.15, 0.2) is 47.5 Å². The first-order valence-corrected chi connectivity index (χ1v) is 17.2. The molecule has 3 aromatic rings. The van der Waals surface area contributed by atoms with Crippen LogP contribution in [0, 0.1) is 36.5 Å². The van der Waals surface area contributed by atoms with E-state index in [1.807, 2.05) is 32.0 Å². The lowest BCUT2D eigenvalue weighted by Crippen LogP contribution is -2.50. The number of halogens is 1. The number of piperazine rings is 1. The molecule has 0 bridgehead atoms. The molecule has 2 aliphatic heterocycles. The number of nitrogens with one attached hydrogen (secondary N) is 2. The molecule has 1 saturated heterocycles. The minimum absolute atomic E-state index is 0.0194. The number of nitrogens with two attached hydrogens (primary N) is 1. The summed E-state index contributed by atoms with van der Waals surface area (Å²) in [7, 11) is 0. The van der Waals surface area contributed by atoms with E-state index in [4.69, 9.17) is 27.7 Å². The number of carboxylic acid groups (broad SMARTS) is 1. The molecule has 12 heteroatoms. The highest BCUT2D eigenvalue weighted by Crippen LogP contribution is 2.40. The minimum atomic E-state index is -1.03. The second-order valence-corrected chi connectivity index (χ2v) is 13.6. The lowest BCUT2D eigenvalue weighted by Gasteiger charge is -2.37. The molecule has 1 amide bonds. The van der Waals surface area contributed by atoms with Gasteiger partial charge >= 0.3 is 5.97 Å². The van der Waals surface area contributed by atoms with Crippen LogP contribution in [0.5, 0.6) is 0 Å². The maximum atomic E-state index is 13.8. The molecule has 250 valence electrons. The zero-order chi connectivity index (χ0) is 34.5. The van der Waals surface area contributed by atoms with Gasteiger partial charge in [-0.3, -0.25) is 25.5 Å². The maximum absolute atomic E-state index is 13.8. The number of anilines is 2. The number of nitrogens with zero attached hydrogens (tertiary/aromatic N) is 4. The van der Waals surface area contributed by atoms with Crippen LogP contribution in [0.1, 0.15) is 70.1 Å². The molecular weight excluding hydrogens is 646 g/mol. The summed E-state index contributed by atoms with van der Waals surface area (Å²) in [6.07, 6.45) is 2.40. The molecule has 3 heterocycles. The number of carbonyl (C=O) groups is 2. The van der Waals surface area contributed by atoms with Crippen LogP contribution in [0.2, 0.25) is 5.02 Å². The van der Waals surface area contributed by atoms with E-state index in [1.165, 1.54) is 11.3 Å². The number of benzene rings is 2. The van der Waals surface area contributed by atoms with Gasteiger partial charge in [-0.2, -0.15) is 0 Å². The van der Waals surface area contributed by atoms with Crippen LogP contribution in [-0.4, -0.2) is 78.0 Å². The van der Waals surface area contributed by atoms with Crippen molar-refractivity contribution in [2.24, 2.45) is 10.7 Å². The van der Waals surface area contributed by atoms with Crippen LogP contribution in [0.3, 0.4) is 0 Å². The van der Waals surface area contributed by atoms with Crippen molar-refractivity contribution in [3.05, 3.63) is 80.2 Å². The van der Waals surface area contributed by atoms with Gasteiger partial charge in [-0.05, 0) is 76.1 Å². The summed E-state index contributed by atoms with van der Waals surface area (Å²) >= 11 is 7.72. The first-order chi connectivity index (χ1) is 23.0. The second-order valence-electron chi connectivity index (χ2n) is 11.9. The number of aryl methyl sites for hydroxylation is 1. The molecule has 5 N–H and O–H groups in total. The number of amidine groups is 2. The van der Waals surface area contributed by atoms with E-state index < -0.39 is 12.0 Å². The molecule has 0 radical (unpaired) electrons. The minimum Gasteiger partial charge on any atom is -0.478 e. The molecule has 0 spiro atoms. The topological polar surface area (TPSA) is 150 Å². The number of fused-ring (bicyclic) bond motifs is 1. The Kier molecular flexibility index (Phi) is 11.0. The molecule has 0 unspecified atom stereocenters. The molecule has 0 saturated carbocycles. The fourth-order valence-electron chi connectivity index (χ4n) is 5.93. The fraction of sp³-hybridized carbons (Fsp3) is 0.361. The number of hydrogen-bond acceptors (Lipinski definition) is 8. The Morgan fingerprint density at radius 3 is 2.46 bits per heavy atom. The van der Waals surface area contributed by atoms with Crippen LogP contribution in [0.25, 0.3) is 0 Å². The third-order valence-corrected chi connectivity index (χ3v) is 10.1. The lowest BCUT2D eigenvalue weighted by atomic mass is 9.99. The normalized spacial score (nSPS) is 16.1.